The van der Waals surface area contributed by atoms with Gasteiger partial charge in [0.15, 0.2) is 0 Å². The van der Waals surface area contributed by atoms with Crippen molar-refractivity contribution in [2.75, 3.05) is 7.11 Å². The van der Waals surface area contributed by atoms with Gasteiger partial charge in [0, 0.05) is 23.5 Å². The van der Waals surface area contributed by atoms with Gasteiger partial charge in [0.25, 0.3) is 0 Å². The minimum atomic E-state index is -0.102. The Balaban J connectivity index is 1.38. The second-order valence-corrected chi connectivity index (χ2v) is 8.49. The van der Waals surface area contributed by atoms with Gasteiger partial charge < -0.3 is 9.26 Å². The highest BCUT2D eigenvalue weighted by Gasteiger charge is 2.66. The molecule has 3 saturated carbocycles. The fourth-order valence-corrected chi connectivity index (χ4v) is 4.95. The smallest absolute Gasteiger partial charge is 0.303 e. The number of nitriles is 1. The Kier molecular flexibility index (Phi) is 4.51. The topological polar surface area (TPSA) is 80.5 Å². The van der Waals surface area contributed by atoms with E-state index in [1.54, 1.807) is 24.3 Å². The maximum Gasteiger partial charge on any atom is 0.303 e. The zero-order chi connectivity index (χ0) is 20.6. The molecule has 0 aliphatic heterocycles. The number of ether oxygens (including phenoxy) is 1. The minimum absolute atomic E-state index is 0.0476. The quantitative estimate of drug-likeness (QED) is 0.403. The SMILES string of the molecule is [C-]#[N+]/C(C#N)=C(\OC)c1ccc(CC(=O)Cc2cc(C34CC(C)(C3)C4)no2)cc1. The van der Waals surface area contributed by atoms with Gasteiger partial charge in [0.2, 0.25) is 0 Å². The summed E-state index contributed by atoms with van der Waals surface area (Å²) in [7, 11) is 1.42. The van der Waals surface area contributed by atoms with E-state index in [0.717, 1.165) is 11.3 Å². The van der Waals surface area contributed by atoms with E-state index in [4.69, 9.17) is 21.1 Å². The van der Waals surface area contributed by atoms with E-state index >= 15 is 0 Å². The van der Waals surface area contributed by atoms with Crippen LogP contribution in [0.2, 0.25) is 0 Å². The number of carbonyl (C=O) groups is 1. The highest BCUT2D eigenvalue weighted by atomic mass is 16.5. The van der Waals surface area contributed by atoms with Gasteiger partial charge in [-0.15, -0.1) is 0 Å². The van der Waals surface area contributed by atoms with Crippen LogP contribution >= 0.6 is 0 Å². The van der Waals surface area contributed by atoms with Crippen molar-refractivity contribution in [1.29, 1.82) is 5.26 Å². The van der Waals surface area contributed by atoms with Gasteiger partial charge in [-0.3, -0.25) is 4.79 Å². The molecule has 3 aliphatic carbocycles. The summed E-state index contributed by atoms with van der Waals surface area (Å²) in [6.07, 6.45) is 4.02. The summed E-state index contributed by atoms with van der Waals surface area (Å²) in [5.41, 5.74) is 3.08. The average Bonchev–Trinajstić information content (AvgIpc) is 3.11. The maximum atomic E-state index is 12.5. The zero-order valence-electron chi connectivity index (χ0n) is 16.5. The predicted molar refractivity (Wildman–Crippen MR) is 105 cm³/mol. The molecule has 5 rings (SSSR count). The lowest BCUT2D eigenvalue weighted by Crippen LogP contribution is -2.63. The predicted octanol–water partition coefficient (Wildman–Crippen LogP) is 4.23. The molecule has 0 atom stereocenters. The van der Waals surface area contributed by atoms with Crippen LogP contribution in [0.25, 0.3) is 10.6 Å². The Hall–Kier alpha value is -3.38. The summed E-state index contributed by atoms with van der Waals surface area (Å²) in [4.78, 5) is 15.6. The average molecular weight is 387 g/mol. The van der Waals surface area contributed by atoms with E-state index in [9.17, 15) is 4.79 Å². The lowest BCUT2D eigenvalue weighted by molar-refractivity contribution is -0.129. The molecule has 1 aromatic carbocycles. The van der Waals surface area contributed by atoms with Crippen molar-refractivity contribution in [3.63, 3.8) is 0 Å². The summed E-state index contributed by atoms with van der Waals surface area (Å²) < 4.78 is 10.6. The van der Waals surface area contributed by atoms with Crippen molar-refractivity contribution in [2.45, 2.75) is 44.4 Å². The molecule has 1 aromatic heterocycles. The Labute approximate surface area is 169 Å². The Morgan fingerprint density at radius 3 is 2.55 bits per heavy atom. The molecule has 3 aliphatic rings. The third kappa shape index (κ3) is 3.32. The number of carbonyl (C=O) groups excluding carboxylic acids is 1. The normalized spacial score (nSPS) is 25.0. The molecule has 3 fully saturated rings. The zero-order valence-corrected chi connectivity index (χ0v) is 16.5. The van der Waals surface area contributed by atoms with Gasteiger partial charge in [-0.1, -0.05) is 36.3 Å². The van der Waals surface area contributed by atoms with Gasteiger partial charge in [-0.05, 0) is 30.2 Å². The van der Waals surface area contributed by atoms with Crippen LogP contribution in [0.15, 0.2) is 40.6 Å². The molecular weight excluding hydrogens is 366 g/mol. The van der Waals surface area contributed by atoms with Crippen LogP contribution in [0.5, 0.6) is 0 Å². The number of hydrogen-bond donors (Lipinski definition) is 0. The highest BCUT2D eigenvalue weighted by Crippen LogP contribution is 2.73. The fraction of sp³-hybridized carbons (Fsp3) is 0.391. The first kappa shape index (κ1) is 19.0. The van der Waals surface area contributed by atoms with Gasteiger partial charge in [0.05, 0.1) is 31.9 Å². The van der Waals surface area contributed by atoms with Crippen molar-refractivity contribution >= 4 is 11.5 Å². The van der Waals surface area contributed by atoms with Crippen LogP contribution in [0.1, 0.15) is 48.8 Å². The number of allylic oxidation sites excluding steroid dienone is 1. The van der Waals surface area contributed by atoms with Crippen LogP contribution in [0.3, 0.4) is 0 Å². The van der Waals surface area contributed by atoms with Crippen molar-refractivity contribution in [3.05, 3.63) is 70.0 Å². The molecule has 6 nitrogen and oxygen atoms in total. The Morgan fingerprint density at radius 2 is 2.00 bits per heavy atom. The number of hydrogen-bond acceptors (Lipinski definition) is 5. The van der Waals surface area contributed by atoms with Crippen molar-refractivity contribution in [3.8, 4) is 6.07 Å². The van der Waals surface area contributed by atoms with Crippen LogP contribution < -0.4 is 0 Å². The molecule has 6 heteroatoms. The molecule has 1 heterocycles. The van der Waals surface area contributed by atoms with E-state index in [-0.39, 0.29) is 35.5 Å². The first-order valence-electron chi connectivity index (χ1n) is 9.53. The summed E-state index contributed by atoms with van der Waals surface area (Å²) in [6, 6.07) is 10.9. The highest BCUT2D eigenvalue weighted by molar-refractivity contribution is 5.82. The van der Waals surface area contributed by atoms with Crippen molar-refractivity contribution in [1.82, 2.24) is 5.16 Å². The molecule has 0 N–H and O–H groups in total. The molecule has 0 spiro atoms. The Morgan fingerprint density at radius 1 is 1.31 bits per heavy atom. The van der Waals surface area contributed by atoms with Gasteiger partial charge in [-0.2, -0.15) is 0 Å². The minimum Gasteiger partial charge on any atom is -0.506 e. The first-order valence-corrected chi connectivity index (χ1v) is 9.53. The Bertz CT molecular complexity index is 1040. The number of ketones is 1. The number of rotatable bonds is 7. The first-order chi connectivity index (χ1) is 13.9. The number of nitrogens with zero attached hydrogens (tertiary/aromatic N) is 3. The summed E-state index contributed by atoms with van der Waals surface area (Å²) in [5, 5.41) is 13.2. The van der Waals surface area contributed by atoms with Gasteiger partial charge in [0.1, 0.15) is 17.3 Å². The number of benzene rings is 1. The second kappa shape index (κ2) is 6.90. The van der Waals surface area contributed by atoms with E-state index < -0.39 is 0 Å². The van der Waals surface area contributed by atoms with Crippen LogP contribution in [0.4, 0.5) is 0 Å². The van der Waals surface area contributed by atoms with Crippen LogP contribution in [0, 0.1) is 23.3 Å². The number of aromatic nitrogens is 1. The molecule has 0 saturated heterocycles. The summed E-state index contributed by atoms with van der Waals surface area (Å²) in [6.45, 7) is 9.36. The van der Waals surface area contributed by atoms with Crippen LogP contribution in [-0.2, 0) is 27.8 Å². The maximum absolute atomic E-state index is 12.5. The fourth-order valence-electron chi connectivity index (χ4n) is 4.95. The molecule has 29 heavy (non-hydrogen) atoms. The molecular formula is C23H21N3O3. The third-order valence-corrected chi connectivity index (χ3v) is 6.02. The lowest BCUT2D eigenvalue weighted by Gasteiger charge is -2.68. The second-order valence-electron chi connectivity index (χ2n) is 8.49. The largest absolute Gasteiger partial charge is 0.506 e. The van der Waals surface area contributed by atoms with E-state index in [0.29, 0.717) is 16.7 Å². The standard InChI is InChI=1S/C23H21N3O3/c1-22-12-23(13-22,14-22)20-10-18(29-26-20)9-17(27)8-15-4-6-16(7-5-15)21(28-3)19(11-24)25-2/h4-7,10H,8-9,12-14H2,1,3H3/b21-19-. The monoisotopic (exact) mass is 387 g/mol. The van der Waals surface area contributed by atoms with Crippen molar-refractivity contribution < 1.29 is 14.1 Å². The summed E-state index contributed by atoms with van der Waals surface area (Å²) >= 11 is 0. The molecule has 0 unspecified atom stereocenters. The molecule has 2 bridgehead atoms. The van der Waals surface area contributed by atoms with Gasteiger partial charge in [-0.25, -0.2) is 10.1 Å². The molecule has 146 valence electrons. The number of Topliss-reactive ketones (excluding diaryl/α,β-unsaturated/α-hetero) is 1. The molecule has 0 radical (unpaired) electrons. The lowest BCUT2D eigenvalue weighted by atomic mass is 9.35. The van der Waals surface area contributed by atoms with Crippen molar-refractivity contribution in [2.24, 2.45) is 5.41 Å². The van der Waals surface area contributed by atoms with Crippen LogP contribution in [-0.4, -0.2) is 18.0 Å². The number of methoxy groups -OCH3 is 1. The van der Waals surface area contributed by atoms with Gasteiger partial charge >= 0.3 is 5.70 Å². The van der Waals surface area contributed by atoms with E-state index in [2.05, 4.69) is 16.9 Å². The van der Waals surface area contributed by atoms with E-state index in [1.807, 2.05) is 12.1 Å². The molecule has 2 aromatic rings. The third-order valence-electron chi connectivity index (χ3n) is 6.02. The van der Waals surface area contributed by atoms with E-state index in [1.165, 1.54) is 26.4 Å². The summed E-state index contributed by atoms with van der Waals surface area (Å²) in [5.74, 6) is 0.903. The molecule has 0 amide bonds.